The molecule has 0 unspecified atom stereocenters. The van der Waals surface area contributed by atoms with E-state index in [1.807, 2.05) is 0 Å². The Bertz CT molecular complexity index is 369. The van der Waals surface area contributed by atoms with Crippen molar-refractivity contribution < 1.29 is 22.8 Å². The van der Waals surface area contributed by atoms with Crippen molar-refractivity contribution in [1.29, 1.82) is 0 Å². The van der Waals surface area contributed by atoms with Gasteiger partial charge in [0.25, 0.3) is 0 Å². The van der Waals surface area contributed by atoms with Crippen molar-refractivity contribution in [1.82, 2.24) is 16.0 Å². The third-order valence-electron chi connectivity index (χ3n) is 3.30. The summed E-state index contributed by atoms with van der Waals surface area (Å²) in [7, 11) is 0. The number of nitrogens with one attached hydrogen (secondary N) is 3. The minimum absolute atomic E-state index is 0.298. The molecule has 20 heavy (non-hydrogen) atoms. The summed E-state index contributed by atoms with van der Waals surface area (Å²) in [6.45, 7) is 2.02. The van der Waals surface area contributed by atoms with E-state index in [0.717, 1.165) is 26.7 Å². The van der Waals surface area contributed by atoms with Crippen LogP contribution in [0.15, 0.2) is 0 Å². The van der Waals surface area contributed by atoms with E-state index < -0.39 is 30.2 Å². The van der Waals surface area contributed by atoms with E-state index in [1.165, 1.54) is 0 Å². The minimum Gasteiger partial charge on any atom is -0.354 e. The molecule has 0 aromatic heterocycles. The highest BCUT2D eigenvalue weighted by atomic mass is 19.4. The van der Waals surface area contributed by atoms with Gasteiger partial charge in [0.2, 0.25) is 5.91 Å². The van der Waals surface area contributed by atoms with Crippen LogP contribution in [0.1, 0.15) is 33.1 Å². The Morgan fingerprint density at radius 2 is 2.00 bits per heavy atom. The molecule has 0 spiro atoms. The lowest BCUT2D eigenvalue weighted by molar-refractivity contribution is -0.208. The fraction of sp³-hybridized carbons (Fsp3) is 0.833. The summed E-state index contributed by atoms with van der Waals surface area (Å²) in [5, 5.41) is 7.21. The fourth-order valence-corrected chi connectivity index (χ4v) is 1.69. The van der Waals surface area contributed by atoms with Crippen molar-refractivity contribution in [3.8, 4) is 0 Å². The Morgan fingerprint density at radius 3 is 2.60 bits per heavy atom. The average molecular weight is 295 g/mol. The number of carbonyl (C=O) groups is 2. The van der Waals surface area contributed by atoms with Crippen molar-refractivity contribution in [3.05, 3.63) is 0 Å². The second-order valence-corrected chi connectivity index (χ2v) is 5.55. The number of alkyl halides is 3. The lowest BCUT2D eigenvalue weighted by Gasteiger charge is -2.28. The summed E-state index contributed by atoms with van der Waals surface area (Å²) in [6, 6.07) is -1.45. The van der Waals surface area contributed by atoms with E-state index in [4.69, 9.17) is 0 Å². The first-order valence-corrected chi connectivity index (χ1v) is 6.52. The van der Waals surface area contributed by atoms with E-state index in [2.05, 4.69) is 16.0 Å². The molecule has 1 aliphatic heterocycles. The Balaban J connectivity index is 2.45. The summed E-state index contributed by atoms with van der Waals surface area (Å²) < 4.78 is 37.9. The van der Waals surface area contributed by atoms with Crippen LogP contribution in [0.5, 0.6) is 0 Å². The maximum Gasteiger partial charge on any atom is 0.395 e. The zero-order valence-electron chi connectivity index (χ0n) is 11.6. The van der Waals surface area contributed by atoms with Gasteiger partial charge in [0, 0.05) is 13.1 Å². The minimum atomic E-state index is -4.40. The lowest BCUT2D eigenvalue weighted by atomic mass is 9.93. The normalized spacial score (nSPS) is 20.9. The summed E-state index contributed by atoms with van der Waals surface area (Å²) in [5.41, 5.74) is -2.02. The van der Waals surface area contributed by atoms with Crippen molar-refractivity contribution >= 4 is 11.9 Å². The van der Waals surface area contributed by atoms with Gasteiger partial charge in [-0.2, -0.15) is 13.2 Å². The van der Waals surface area contributed by atoms with E-state index in [9.17, 15) is 22.8 Å². The Hall–Kier alpha value is -1.47. The molecule has 1 aliphatic rings. The first kappa shape index (κ1) is 16.6. The standard InChI is InChI=1S/C12H20F3N3O2/c1-11(2,12(13,14)15)7-17-10(20)18-8-5-3-4-6-16-9(8)19/h8H,3-7H2,1-2H3,(H,16,19)(H2,17,18,20)/t8-/m1/s1. The lowest BCUT2D eigenvalue weighted by Crippen LogP contribution is -2.52. The molecule has 116 valence electrons. The van der Waals surface area contributed by atoms with Gasteiger partial charge >= 0.3 is 12.2 Å². The van der Waals surface area contributed by atoms with Gasteiger partial charge in [0.05, 0.1) is 5.41 Å². The molecule has 0 aromatic rings. The molecular weight excluding hydrogens is 275 g/mol. The van der Waals surface area contributed by atoms with Crippen molar-refractivity contribution in [2.24, 2.45) is 5.41 Å². The largest absolute Gasteiger partial charge is 0.395 e. The van der Waals surface area contributed by atoms with Gasteiger partial charge in [-0.15, -0.1) is 0 Å². The van der Waals surface area contributed by atoms with Crippen LogP contribution in [-0.4, -0.2) is 37.2 Å². The number of hydrogen-bond donors (Lipinski definition) is 3. The molecule has 3 amide bonds. The van der Waals surface area contributed by atoms with Crippen molar-refractivity contribution in [2.45, 2.75) is 45.3 Å². The second-order valence-electron chi connectivity index (χ2n) is 5.55. The van der Waals surface area contributed by atoms with Crippen LogP contribution in [-0.2, 0) is 4.79 Å². The van der Waals surface area contributed by atoms with E-state index in [0.29, 0.717) is 13.0 Å². The van der Waals surface area contributed by atoms with Crippen LogP contribution >= 0.6 is 0 Å². The fourth-order valence-electron chi connectivity index (χ4n) is 1.69. The predicted octanol–water partition coefficient (Wildman–Crippen LogP) is 1.54. The number of halogens is 3. The molecule has 0 aliphatic carbocycles. The van der Waals surface area contributed by atoms with Crippen LogP contribution in [0.2, 0.25) is 0 Å². The highest BCUT2D eigenvalue weighted by molar-refractivity contribution is 5.87. The molecule has 5 nitrogen and oxygen atoms in total. The Labute approximate surface area is 115 Å². The summed E-state index contributed by atoms with van der Waals surface area (Å²) in [4.78, 5) is 23.1. The molecule has 0 aromatic carbocycles. The van der Waals surface area contributed by atoms with Crippen LogP contribution in [0.25, 0.3) is 0 Å². The number of urea groups is 1. The summed E-state index contributed by atoms with van der Waals surface area (Å²) in [5.74, 6) is -0.298. The first-order chi connectivity index (χ1) is 9.13. The molecule has 1 saturated heterocycles. The molecule has 0 saturated carbocycles. The van der Waals surface area contributed by atoms with Gasteiger partial charge in [0.15, 0.2) is 0 Å². The van der Waals surface area contributed by atoms with E-state index in [1.54, 1.807) is 0 Å². The Morgan fingerprint density at radius 1 is 1.35 bits per heavy atom. The highest BCUT2D eigenvalue weighted by Crippen LogP contribution is 2.36. The number of rotatable bonds is 3. The summed E-state index contributed by atoms with van der Waals surface area (Å²) in [6.07, 6.45) is -2.31. The molecule has 8 heteroatoms. The van der Waals surface area contributed by atoms with Gasteiger partial charge in [0.1, 0.15) is 6.04 Å². The van der Waals surface area contributed by atoms with Crippen LogP contribution in [0, 0.1) is 5.41 Å². The predicted molar refractivity (Wildman–Crippen MR) is 67.0 cm³/mol. The molecule has 0 bridgehead atoms. The van der Waals surface area contributed by atoms with Crippen molar-refractivity contribution in [3.63, 3.8) is 0 Å². The number of hydrogen-bond acceptors (Lipinski definition) is 2. The highest BCUT2D eigenvalue weighted by Gasteiger charge is 2.47. The molecule has 1 fully saturated rings. The van der Waals surface area contributed by atoms with Gasteiger partial charge in [-0.25, -0.2) is 4.79 Å². The molecule has 1 atom stereocenters. The SMILES string of the molecule is CC(C)(CNC(=O)N[C@@H]1CCCCNC1=O)C(F)(F)F. The smallest absolute Gasteiger partial charge is 0.354 e. The third-order valence-corrected chi connectivity index (χ3v) is 3.30. The maximum absolute atomic E-state index is 12.6. The number of amides is 3. The van der Waals surface area contributed by atoms with Gasteiger partial charge in [-0.3, -0.25) is 4.79 Å². The van der Waals surface area contributed by atoms with Gasteiger partial charge < -0.3 is 16.0 Å². The monoisotopic (exact) mass is 295 g/mol. The first-order valence-electron chi connectivity index (χ1n) is 6.52. The zero-order chi connectivity index (χ0) is 15.4. The van der Waals surface area contributed by atoms with Crippen LogP contribution in [0.3, 0.4) is 0 Å². The van der Waals surface area contributed by atoms with E-state index in [-0.39, 0.29) is 5.91 Å². The molecular formula is C12H20F3N3O2. The molecule has 3 N–H and O–H groups in total. The quantitative estimate of drug-likeness (QED) is 0.739. The average Bonchev–Trinajstić information content (AvgIpc) is 2.51. The van der Waals surface area contributed by atoms with Gasteiger partial charge in [-0.1, -0.05) is 0 Å². The molecule has 1 rings (SSSR count). The van der Waals surface area contributed by atoms with E-state index >= 15 is 0 Å². The number of carbonyl (C=O) groups excluding carboxylic acids is 2. The van der Waals surface area contributed by atoms with Crippen molar-refractivity contribution in [2.75, 3.05) is 13.1 Å². The zero-order valence-corrected chi connectivity index (χ0v) is 11.6. The Kier molecular flexibility index (Phi) is 5.24. The van der Waals surface area contributed by atoms with Crippen LogP contribution in [0.4, 0.5) is 18.0 Å². The van der Waals surface area contributed by atoms with Gasteiger partial charge in [-0.05, 0) is 33.1 Å². The molecule has 1 heterocycles. The maximum atomic E-state index is 12.6. The van der Waals surface area contributed by atoms with Crippen LogP contribution < -0.4 is 16.0 Å². The third kappa shape index (κ3) is 4.57. The summed E-state index contributed by atoms with van der Waals surface area (Å²) >= 11 is 0. The topological polar surface area (TPSA) is 70.2 Å². The molecule has 0 radical (unpaired) electrons. The second kappa shape index (κ2) is 6.32.